The van der Waals surface area contributed by atoms with Crippen LogP contribution in [0.15, 0.2) is 60.2 Å². The molecule has 0 bridgehead atoms. The van der Waals surface area contributed by atoms with E-state index in [-0.39, 0.29) is 12.2 Å². The van der Waals surface area contributed by atoms with E-state index in [0.29, 0.717) is 11.5 Å². The van der Waals surface area contributed by atoms with Crippen LogP contribution >= 0.6 is 0 Å². The van der Waals surface area contributed by atoms with Crippen molar-refractivity contribution in [3.05, 3.63) is 71.8 Å². The summed E-state index contributed by atoms with van der Waals surface area (Å²) in [5.41, 5.74) is 1.79. The first kappa shape index (κ1) is 17.2. The third-order valence-corrected chi connectivity index (χ3v) is 3.55. The first-order valence-electron chi connectivity index (χ1n) is 7.68. The molecule has 0 fully saturated rings. The highest BCUT2D eigenvalue weighted by Crippen LogP contribution is 2.31. The summed E-state index contributed by atoms with van der Waals surface area (Å²) in [7, 11) is 1.56. The molecule has 0 aliphatic heterocycles. The van der Waals surface area contributed by atoms with Gasteiger partial charge in [0.25, 0.3) is 0 Å². The Hall–Kier alpha value is -3.68. The Morgan fingerprint density at radius 2 is 1.92 bits per heavy atom. The van der Waals surface area contributed by atoms with Crippen molar-refractivity contribution in [3.63, 3.8) is 0 Å². The average Bonchev–Trinajstić information content (AvgIpc) is 3.18. The molecule has 8 nitrogen and oxygen atoms in total. The molecule has 132 valence electrons. The molecule has 1 N–H and O–H groups in total. The second-order valence-electron chi connectivity index (χ2n) is 5.26. The lowest BCUT2D eigenvalue weighted by molar-refractivity contribution is 0.0697. The fourth-order valence-electron chi connectivity index (χ4n) is 2.23. The molecule has 3 aromatic rings. The van der Waals surface area contributed by atoms with Gasteiger partial charge in [-0.3, -0.25) is 0 Å². The summed E-state index contributed by atoms with van der Waals surface area (Å²) < 4.78 is 12.7. The number of para-hydroxylation sites is 1. The van der Waals surface area contributed by atoms with Crippen molar-refractivity contribution in [1.82, 2.24) is 14.9 Å². The number of carbonyl (C=O) groups is 1. The van der Waals surface area contributed by atoms with Crippen molar-refractivity contribution in [1.29, 1.82) is 0 Å². The number of nitrogens with zero attached hydrogens (tertiary/aromatic N) is 4. The van der Waals surface area contributed by atoms with Crippen LogP contribution in [0.1, 0.15) is 21.5 Å². The van der Waals surface area contributed by atoms with Gasteiger partial charge in [0.2, 0.25) is 0 Å². The fraction of sp³-hybridized carbons (Fsp3) is 0.111. The Labute approximate surface area is 149 Å². The van der Waals surface area contributed by atoms with Gasteiger partial charge in [0.15, 0.2) is 11.5 Å². The van der Waals surface area contributed by atoms with Crippen molar-refractivity contribution in [2.45, 2.75) is 6.61 Å². The molecule has 0 amide bonds. The number of rotatable bonds is 7. The molecule has 1 heterocycles. The van der Waals surface area contributed by atoms with E-state index in [9.17, 15) is 4.79 Å². The van der Waals surface area contributed by atoms with E-state index in [1.165, 1.54) is 29.5 Å². The molecule has 0 aliphatic carbocycles. The molecule has 2 aromatic carbocycles. The molecular formula is C18H16N4O4. The lowest BCUT2D eigenvalue weighted by Gasteiger charge is -2.13. The van der Waals surface area contributed by atoms with E-state index in [1.54, 1.807) is 31.5 Å². The van der Waals surface area contributed by atoms with Gasteiger partial charge in [-0.2, -0.15) is 5.10 Å². The number of carboxylic acids is 1. The van der Waals surface area contributed by atoms with Crippen molar-refractivity contribution in [3.8, 4) is 11.5 Å². The maximum absolute atomic E-state index is 10.9. The van der Waals surface area contributed by atoms with Gasteiger partial charge in [0.1, 0.15) is 19.3 Å². The van der Waals surface area contributed by atoms with E-state index in [0.717, 1.165) is 11.1 Å². The summed E-state index contributed by atoms with van der Waals surface area (Å²) in [6.07, 6.45) is 4.57. The van der Waals surface area contributed by atoms with Crippen molar-refractivity contribution >= 4 is 12.2 Å². The van der Waals surface area contributed by atoms with Crippen LogP contribution in [0.4, 0.5) is 0 Å². The maximum Gasteiger partial charge on any atom is 0.335 e. The molecule has 0 aliphatic rings. The van der Waals surface area contributed by atoms with Gasteiger partial charge in [-0.15, -0.1) is 10.2 Å². The van der Waals surface area contributed by atoms with E-state index >= 15 is 0 Å². The molecule has 0 saturated carbocycles. The standard InChI is InChI=1S/C18H16N4O4/c1-25-16-4-2-3-15(9-21-22-11-19-20-12-22)17(16)26-10-13-5-7-14(8-6-13)18(23)24/h2-9,11-12H,10H2,1H3,(H,23,24). The summed E-state index contributed by atoms with van der Waals surface area (Å²) in [5, 5.41) is 20.6. The summed E-state index contributed by atoms with van der Waals surface area (Å²) in [6, 6.07) is 12.0. The monoisotopic (exact) mass is 352 g/mol. The highest BCUT2D eigenvalue weighted by atomic mass is 16.5. The minimum absolute atomic E-state index is 0.229. The Kier molecular flexibility index (Phi) is 5.23. The molecule has 26 heavy (non-hydrogen) atoms. The van der Waals surface area contributed by atoms with Crippen LogP contribution in [0.3, 0.4) is 0 Å². The van der Waals surface area contributed by atoms with E-state index in [4.69, 9.17) is 14.6 Å². The summed E-state index contributed by atoms with van der Waals surface area (Å²) in [4.78, 5) is 10.9. The largest absolute Gasteiger partial charge is 0.493 e. The van der Waals surface area contributed by atoms with Crippen molar-refractivity contribution < 1.29 is 19.4 Å². The molecule has 0 radical (unpaired) electrons. The zero-order valence-corrected chi connectivity index (χ0v) is 13.9. The first-order valence-corrected chi connectivity index (χ1v) is 7.68. The predicted octanol–water partition coefficient (Wildman–Crippen LogP) is 2.45. The molecular weight excluding hydrogens is 336 g/mol. The average molecular weight is 352 g/mol. The second-order valence-corrected chi connectivity index (χ2v) is 5.26. The van der Waals surface area contributed by atoms with E-state index < -0.39 is 5.97 Å². The van der Waals surface area contributed by atoms with Gasteiger partial charge >= 0.3 is 5.97 Å². The summed E-state index contributed by atoms with van der Waals surface area (Å²) in [5.74, 6) is 0.142. The molecule has 0 spiro atoms. The molecule has 8 heteroatoms. The lowest BCUT2D eigenvalue weighted by Crippen LogP contribution is -2.02. The van der Waals surface area contributed by atoms with Crippen LogP contribution in [0.25, 0.3) is 0 Å². The molecule has 3 rings (SSSR count). The Morgan fingerprint density at radius 3 is 2.58 bits per heavy atom. The Balaban J connectivity index is 1.80. The van der Waals surface area contributed by atoms with Crippen molar-refractivity contribution in [2.24, 2.45) is 5.10 Å². The zero-order chi connectivity index (χ0) is 18.4. The van der Waals surface area contributed by atoms with Gasteiger partial charge in [-0.05, 0) is 29.8 Å². The van der Waals surface area contributed by atoms with Crippen LogP contribution in [-0.4, -0.2) is 39.3 Å². The van der Waals surface area contributed by atoms with Crippen LogP contribution in [0, 0.1) is 0 Å². The van der Waals surface area contributed by atoms with Gasteiger partial charge in [-0.1, -0.05) is 18.2 Å². The molecule has 0 atom stereocenters. The normalized spacial score (nSPS) is 10.8. The quantitative estimate of drug-likeness (QED) is 0.656. The number of benzene rings is 2. The molecule has 0 saturated heterocycles. The minimum atomic E-state index is -0.963. The number of aromatic carboxylic acids is 1. The van der Waals surface area contributed by atoms with Crippen LogP contribution in [0.5, 0.6) is 11.5 Å². The van der Waals surface area contributed by atoms with Crippen molar-refractivity contribution in [2.75, 3.05) is 7.11 Å². The summed E-state index contributed by atoms with van der Waals surface area (Å²) in [6.45, 7) is 0.258. The van der Waals surface area contributed by atoms with Gasteiger partial charge in [0, 0.05) is 5.56 Å². The highest BCUT2D eigenvalue weighted by molar-refractivity contribution is 5.87. The number of methoxy groups -OCH3 is 1. The van der Waals surface area contributed by atoms with E-state index in [1.807, 2.05) is 12.1 Å². The number of aromatic nitrogens is 3. The topological polar surface area (TPSA) is 98.8 Å². The second kappa shape index (κ2) is 7.93. The highest BCUT2D eigenvalue weighted by Gasteiger charge is 2.10. The predicted molar refractivity (Wildman–Crippen MR) is 93.7 cm³/mol. The van der Waals surface area contributed by atoms with Gasteiger partial charge < -0.3 is 14.6 Å². The molecule has 0 unspecified atom stereocenters. The number of carboxylic acid groups (broad SMARTS) is 1. The number of ether oxygens (including phenoxy) is 2. The third-order valence-electron chi connectivity index (χ3n) is 3.55. The van der Waals surface area contributed by atoms with Crippen LogP contribution in [-0.2, 0) is 6.61 Å². The number of hydrogen-bond donors (Lipinski definition) is 1. The zero-order valence-electron chi connectivity index (χ0n) is 13.9. The van der Waals surface area contributed by atoms with Gasteiger partial charge in [-0.25, -0.2) is 9.47 Å². The van der Waals surface area contributed by atoms with Gasteiger partial charge in [0.05, 0.1) is 18.9 Å². The minimum Gasteiger partial charge on any atom is -0.493 e. The Bertz CT molecular complexity index is 905. The Morgan fingerprint density at radius 1 is 1.19 bits per heavy atom. The van der Waals surface area contributed by atoms with Crippen LogP contribution < -0.4 is 9.47 Å². The maximum atomic E-state index is 10.9. The first-order chi connectivity index (χ1) is 12.7. The smallest absolute Gasteiger partial charge is 0.335 e. The third kappa shape index (κ3) is 4.04. The number of hydrogen-bond acceptors (Lipinski definition) is 6. The van der Waals surface area contributed by atoms with E-state index in [2.05, 4.69) is 15.3 Å². The summed E-state index contributed by atoms with van der Waals surface area (Å²) >= 11 is 0. The van der Waals surface area contributed by atoms with Crippen LogP contribution in [0.2, 0.25) is 0 Å². The SMILES string of the molecule is COc1cccc(C=Nn2cnnc2)c1OCc1ccc(C(=O)O)cc1. The fourth-order valence-corrected chi connectivity index (χ4v) is 2.23. The molecule has 1 aromatic heterocycles. The lowest BCUT2D eigenvalue weighted by atomic mass is 10.1.